The lowest BCUT2D eigenvalue weighted by Crippen LogP contribution is -2.49. The molecule has 0 bridgehead atoms. The van der Waals surface area contributed by atoms with Crippen molar-refractivity contribution in [3.8, 4) is 0 Å². The van der Waals surface area contributed by atoms with Crippen LogP contribution in [0.25, 0.3) is 0 Å². The van der Waals surface area contributed by atoms with Gasteiger partial charge in [-0.15, -0.1) is 0 Å². The van der Waals surface area contributed by atoms with Gasteiger partial charge in [-0.2, -0.15) is 0 Å². The van der Waals surface area contributed by atoms with Gasteiger partial charge in [-0.05, 0) is 57.4 Å². The smallest absolute Gasteiger partial charge is 0.227 e. The Morgan fingerprint density at radius 1 is 1.04 bits per heavy atom. The van der Waals surface area contributed by atoms with Crippen molar-refractivity contribution in [3.05, 3.63) is 28.8 Å². The van der Waals surface area contributed by atoms with Crippen molar-refractivity contribution in [1.82, 2.24) is 9.80 Å². The van der Waals surface area contributed by atoms with Gasteiger partial charge in [0.05, 0.1) is 0 Å². The summed E-state index contributed by atoms with van der Waals surface area (Å²) in [6.07, 6.45) is 3.15. The van der Waals surface area contributed by atoms with Crippen molar-refractivity contribution in [2.75, 3.05) is 38.5 Å². The lowest BCUT2D eigenvalue weighted by Gasteiger charge is -2.36. The van der Waals surface area contributed by atoms with E-state index in [1.54, 1.807) is 0 Å². The predicted octanol–water partition coefficient (Wildman–Crippen LogP) is 3.17. The highest BCUT2D eigenvalue weighted by molar-refractivity contribution is 6.31. The summed E-state index contributed by atoms with van der Waals surface area (Å²) in [7, 11) is 2.09. The minimum Gasteiger partial charge on any atom is -0.340 e. The molecule has 0 unspecified atom stereocenters. The molecule has 3 rings (SSSR count). The predicted molar refractivity (Wildman–Crippen MR) is 104 cm³/mol. The lowest BCUT2D eigenvalue weighted by molar-refractivity contribution is -0.139. The molecule has 0 radical (unpaired) electrons. The Labute approximate surface area is 160 Å². The number of carbonyl (C=O) groups is 2. The summed E-state index contributed by atoms with van der Waals surface area (Å²) in [6.45, 7) is 5.45. The standard InChI is InChI=1S/C20H28ClN3O2/c1-14-17(21)4-3-5-18(14)22-19(25)15-6-8-16(9-7-15)20(26)24-12-10-23(2)11-13-24/h3-5,15-16H,6-13H2,1-2H3,(H,22,25). The molecular weight excluding hydrogens is 350 g/mol. The minimum atomic E-state index is -0.0232. The number of nitrogens with one attached hydrogen (secondary N) is 1. The number of anilines is 1. The van der Waals surface area contributed by atoms with Gasteiger partial charge in [0.15, 0.2) is 0 Å². The van der Waals surface area contributed by atoms with Crippen LogP contribution in [0.3, 0.4) is 0 Å². The lowest BCUT2D eigenvalue weighted by atomic mass is 9.80. The fourth-order valence-electron chi connectivity index (χ4n) is 3.87. The van der Waals surface area contributed by atoms with E-state index in [1.807, 2.05) is 30.0 Å². The molecule has 0 spiro atoms. The van der Waals surface area contributed by atoms with E-state index in [-0.39, 0.29) is 23.7 Å². The molecule has 1 aromatic rings. The van der Waals surface area contributed by atoms with Crippen molar-refractivity contribution >= 4 is 29.1 Å². The summed E-state index contributed by atoms with van der Waals surface area (Å²) in [6, 6.07) is 5.54. The molecule has 1 saturated carbocycles. The van der Waals surface area contributed by atoms with Crippen LogP contribution in [0, 0.1) is 18.8 Å². The fourth-order valence-corrected chi connectivity index (χ4v) is 4.04. The van der Waals surface area contributed by atoms with Gasteiger partial charge >= 0.3 is 0 Å². The van der Waals surface area contributed by atoms with E-state index >= 15 is 0 Å². The van der Waals surface area contributed by atoms with Crippen molar-refractivity contribution in [1.29, 1.82) is 0 Å². The van der Waals surface area contributed by atoms with Crippen molar-refractivity contribution in [2.45, 2.75) is 32.6 Å². The van der Waals surface area contributed by atoms with Gasteiger partial charge < -0.3 is 15.1 Å². The van der Waals surface area contributed by atoms with E-state index in [9.17, 15) is 9.59 Å². The number of halogens is 1. The van der Waals surface area contributed by atoms with Crippen LogP contribution < -0.4 is 5.32 Å². The molecule has 2 aliphatic rings. The third-order valence-corrected chi connectivity index (χ3v) is 6.20. The molecule has 5 nitrogen and oxygen atoms in total. The Balaban J connectivity index is 1.51. The maximum atomic E-state index is 12.7. The number of piperazine rings is 1. The van der Waals surface area contributed by atoms with Gasteiger partial charge in [-0.25, -0.2) is 0 Å². The average molecular weight is 378 g/mol. The molecule has 6 heteroatoms. The molecular formula is C20H28ClN3O2. The van der Waals surface area contributed by atoms with Gasteiger partial charge in [-0.3, -0.25) is 9.59 Å². The van der Waals surface area contributed by atoms with E-state index in [4.69, 9.17) is 11.6 Å². The van der Waals surface area contributed by atoms with Crippen LogP contribution in [0.5, 0.6) is 0 Å². The number of amides is 2. The first-order valence-electron chi connectivity index (χ1n) is 9.49. The molecule has 1 aromatic carbocycles. The number of nitrogens with zero attached hydrogens (tertiary/aromatic N) is 2. The molecule has 2 fully saturated rings. The van der Waals surface area contributed by atoms with Crippen LogP contribution in [0.4, 0.5) is 5.69 Å². The zero-order valence-corrected chi connectivity index (χ0v) is 16.4. The Hall–Kier alpha value is -1.59. The molecule has 26 heavy (non-hydrogen) atoms. The molecule has 1 saturated heterocycles. The molecule has 2 amide bonds. The van der Waals surface area contributed by atoms with E-state index in [1.165, 1.54) is 0 Å². The van der Waals surface area contributed by atoms with Crippen LogP contribution in [-0.2, 0) is 9.59 Å². The Morgan fingerprint density at radius 3 is 2.31 bits per heavy atom. The van der Waals surface area contributed by atoms with Gasteiger partial charge in [0.1, 0.15) is 0 Å². The first-order chi connectivity index (χ1) is 12.5. The topological polar surface area (TPSA) is 52.7 Å². The average Bonchev–Trinajstić information content (AvgIpc) is 2.65. The SMILES string of the molecule is Cc1c(Cl)cccc1NC(=O)C1CCC(C(=O)N2CCN(C)CC2)CC1. The van der Waals surface area contributed by atoms with Gasteiger partial charge in [-0.1, -0.05) is 17.7 Å². The monoisotopic (exact) mass is 377 g/mol. The highest BCUT2D eigenvalue weighted by Gasteiger charge is 2.33. The third-order valence-electron chi connectivity index (χ3n) is 5.79. The summed E-state index contributed by atoms with van der Waals surface area (Å²) >= 11 is 6.12. The van der Waals surface area contributed by atoms with Crippen LogP contribution in [0.1, 0.15) is 31.2 Å². The Kier molecular flexibility index (Phi) is 6.20. The fraction of sp³-hybridized carbons (Fsp3) is 0.600. The van der Waals surface area contributed by atoms with Gasteiger partial charge in [0.2, 0.25) is 11.8 Å². The van der Waals surface area contributed by atoms with Crippen LogP contribution in [0.2, 0.25) is 5.02 Å². The van der Waals surface area contributed by atoms with E-state index in [2.05, 4.69) is 17.3 Å². The van der Waals surface area contributed by atoms with Gasteiger partial charge in [0, 0.05) is 48.7 Å². The normalized spacial score (nSPS) is 24.3. The quantitative estimate of drug-likeness (QED) is 0.880. The van der Waals surface area contributed by atoms with Crippen LogP contribution in [0.15, 0.2) is 18.2 Å². The maximum absolute atomic E-state index is 12.7. The second-order valence-electron chi connectivity index (χ2n) is 7.58. The maximum Gasteiger partial charge on any atom is 0.227 e. The summed E-state index contributed by atoms with van der Waals surface area (Å²) in [5, 5.41) is 3.67. The molecule has 1 aliphatic heterocycles. The Morgan fingerprint density at radius 2 is 1.65 bits per heavy atom. The number of hydrogen-bond donors (Lipinski definition) is 1. The number of hydrogen-bond acceptors (Lipinski definition) is 3. The molecule has 0 aromatic heterocycles. The summed E-state index contributed by atoms with van der Waals surface area (Å²) in [5.74, 6) is 0.379. The number of rotatable bonds is 3. The van der Waals surface area contributed by atoms with Crippen molar-refractivity contribution in [3.63, 3.8) is 0 Å². The molecule has 1 N–H and O–H groups in total. The number of carbonyl (C=O) groups excluding carboxylic acids is 2. The van der Waals surface area contributed by atoms with E-state index < -0.39 is 0 Å². The zero-order valence-electron chi connectivity index (χ0n) is 15.6. The van der Waals surface area contributed by atoms with Gasteiger partial charge in [0.25, 0.3) is 0 Å². The van der Waals surface area contributed by atoms with Crippen molar-refractivity contribution < 1.29 is 9.59 Å². The van der Waals surface area contributed by atoms with Crippen LogP contribution in [-0.4, -0.2) is 54.8 Å². The zero-order chi connectivity index (χ0) is 18.7. The minimum absolute atomic E-state index is 0.0232. The second-order valence-corrected chi connectivity index (χ2v) is 7.99. The molecule has 1 heterocycles. The second kappa shape index (κ2) is 8.40. The van der Waals surface area contributed by atoms with Crippen molar-refractivity contribution in [2.24, 2.45) is 11.8 Å². The number of benzene rings is 1. The molecule has 142 valence electrons. The van der Waals surface area contributed by atoms with E-state index in [0.717, 1.165) is 63.1 Å². The highest BCUT2D eigenvalue weighted by atomic mass is 35.5. The highest BCUT2D eigenvalue weighted by Crippen LogP contribution is 2.32. The largest absolute Gasteiger partial charge is 0.340 e. The third kappa shape index (κ3) is 4.38. The first kappa shape index (κ1) is 19.2. The first-order valence-corrected chi connectivity index (χ1v) is 9.87. The summed E-state index contributed by atoms with van der Waals surface area (Å²) < 4.78 is 0. The number of likely N-dealkylation sites (N-methyl/N-ethyl adjacent to an activating group) is 1. The summed E-state index contributed by atoms with van der Waals surface area (Å²) in [5.41, 5.74) is 1.67. The Bertz CT molecular complexity index is 663. The molecule has 0 atom stereocenters. The van der Waals surface area contributed by atoms with E-state index in [0.29, 0.717) is 5.02 Å². The summed E-state index contributed by atoms with van der Waals surface area (Å²) in [4.78, 5) is 29.5. The van der Waals surface area contributed by atoms with Crippen LogP contribution >= 0.6 is 11.6 Å². The molecule has 1 aliphatic carbocycles.